The van der Waals surface area contributed by atoms with Gasteiger partial charge in [-0.05, 0) is 20.5 Å². The second-order valence-electron chi connectivity index (χ2n) is 5.24. The van der Waals surface area contributed by atoms with Gasteiger partial charge in [-0.1, -0.05) is 5.16 Å². The highest BCUT2D eigenvalue weighted by molar-refractivity contribution is 7.91. The van der Waals surface area contributed by atoms with Crippen LogP contribution in [0.1, 0.15) is 17.0 Å². The van der Waals surface area contributed by atoms with E-state index >= 15 is 0 Å². The van der Waals surface area contributed by atoms with E-state index in [4.69, 9.17) is 4.52 Å². The van der Waals surface area contributed by atoms with Crippen molar-refractivity contribution >= 4 is 15.7 Å². The molecule has 0 N–H and O–H groups in total. The molecule has 2 rings (SSSR count). The summed E-state index contributed by atoms with van der Waals surface area (Å²) < 4.78 is 28.1. The van der Waals surface area contributed by atoms with Crippen LogP contribution in [0.3, 0.4) is 0 Å². The fourth-order valence-electron chi connectivity index (χ4n) is 2.25. The number of hydrogen-bond donors (Lipinski definition) is 0. The summed E-state index contributed by atoms with van der Waals surface area (Å²) in [6.45, 7) is 1.13. The molecule has 0 radical (unpaired) electrons. The van der Waals surface area contributed by atoms with Crippen LogP contribution in [-0.2, 0) is 9.84 Å². The van der Waals surface area contributed by atoms with E-state index in [1.807, 2.05) is 19.0 Å². The molecule has 7 nitrogen and oxygen atoms in total. The second kappa shape index (κ2) is 5.92. The number of nitrogens with zero attached hydrogens (tertiary/aromatic N) is 3. The Hall–Kier alpha value is -1.41. The lowest BCUT2D eigenvalue weighted by Crippen LogP contribution is -2.44. The Balaban J connectivity index is 2.14. The van der Waals surface area contributed by atoms with Crippen LogP contribution in [0.25, 0.3) is 0 Å². The maximum Gasteiger partial charge on any atom is 0.292 e. The molecule has 2 heterocycles. The van der Waals surface area contributed by atoms with Crippen LogP contribution in [0.5, 0.6) is 0 Å². The Morgan fingerprint density at radius 2 is 2.20 bits per heavy atom. The summed E-state index contributed by atoms with van der Waals surface area (Å²) in [5.41, 5.74) is 0. The summed E-state index contributed by atoms with van der Waals surface area (Å²) >= 11 is 0. The lowest BCUT2D eigenvalue weighted by atomic mass is 10.2. The number of carbonyl (C=O) groups excluding carboxylic acids is 1. The largest absolute Gasteiger partial charge is 0.351 e. The summed E-state index contributed by atoms with van der Waals surface area (Å²) in [5.74, 6) is 0.0136. The molecule has 0 spiro atoms. The van der Waals surface area contributed by atoms with Crippen molar-refractivity contribution in [2.45, 2.75) is 12.5 Å². The van der Waals surface area contributed by atoms with Crippen molar-refractivity contribution in [3.63, 3.8) is 0 Å². The first kappa shape index (κ1) is 15.0. The molecule has 1 aromatic rings. The minimum Gasteiger partial charge on any atom is -0.351 e. The van der Waals surface area contributed by atoms with Gasteiger partial charge in [0.05, 0.1) is 17.7 Å². The molecule has 1 unspecified atom stereocenters. The third-order valence-corrected chi connectivity index (χ3v) is 5.10. The van der Waals surface area contributed by atoms with Crippen molar-refractivity contribution in [3.05, 3.63) is 18.0 Å². The Morgan fingerprint density at radius 3 is 2.70 bits per heavy atom. The molecular weight excluding hydrogens is 282 g/mol. The number of amides is 1. The van der Waals surface area contributed by atoms with Gasteiger partial charge in [0, 0.05) is 25.2 Å². The van der Waals surface area contributed by atoms with Crippen molar-refractivity contribution in [2.75, 3.05) is 38.7 Å². The van der Waals surface area contributed by atoms with Crippen LogP contribution < -0.4 is 0 Å². The molecule has 1 amide bonds. The number of hydrogen-bond acceptors (Lipinski definition) is 6. The van der Waals surface area contributed by atoms with E-state index in [-0.39, 0.29) is 29.2 Å². The lowest BCUT2D eigenvalue weighted by Gasteiger charge is -2.28. The minimum absolute atomic E-state index is 0.0281. The number of carbonyl (C=O) groups is 1. The van der Waals surface area contributed by atoms with Crippen molar-refractivity contribution in [1.29, 1.82) is 0 Å². The Labute approximate surface area is 118 Å². The maximum absolute atomic E-state index is 12.4. The van der Waals surface area contributed by atoms with Gasteiger partial charge in [0.1, 0.15) is 0 Å². The molecule has 20 heavy (non-hydrogen) atoms. The molecule has 1 fully saturated rings. The number of likely N-dealkylation sites (N-methyl/N-ethyl adjacent to an activating group) is 1. The Morgan fingerprint density at radius 1 is 1.45 bits per heavy atom. The van der Waals surface area contributed by atoms with Crippen molar-refractivity contribution in [1.82, 2.24) is 15.0 Å². The molecule has 0 bridgehead atoms. The monoisotopic (exact) mass is 301 g/mol. The van der Waals surface area contributed by atoms with Crippen LogP contribution in [0.2, 0.25) is 0 Å². The van der Waals surface area contributed by atoms with Crippen LogP contribution in [0, 0.1) is 0 Å². The summed E-state index contributed by atoms with van der Waals surface area (Å²) in [5, 5.41) is 3.52. The number of sulfone groups is 1. The normalized spacial score (nSPS) is 21.2. The van der Waals surface area contributed by atoms with E-state index in [1.54, 1.807) is 4.90 Å². The van der Waals surface area contributed by atoms with Gasteiger partial charge >= 0.3 is 0 Å². The van der Waals surface area contributed by atoms with Crippen molar-refractivity contribution in [2.24, 2.45) is 0 Å². The average molecular weight is 301 g/mol. The molecule has 1 saturated heterocycles. The van der Waals surface area contributed by atoms with Crippen LogP contribution in [0.4, 0.5) is 0 Å². The fourth-order valence-corrected chi connectivity index (χ4v) is 3.98. The molecule has 8 heteroatoms. The maximum atomic E-state index is 12.4. The van der Waals surface area contributed by atoms with Gasteiger partial charge in [0.2, 0.25) is 5.76 Å². The van der Waals surface area contributed by atoms with Gasteiger partial charge < -0.3 is 14.3 Å². The number of rotatable bonds is 5. The first-order valence-corrected chi connectivity index (χ1v) is 8.28. The van der Waals surface area contributed by atoms with E-state index in [0.717, 1.165) is 0 Å². The van der Waals surface area contributed by atoms with Crippen LogP contribution >= 0.6 is 0 Å². The van der Waals surface area contributed by atoms with E-state index in [0.29, 0.717) is 19.5 Å². The third-order valence-electron chi connectivity index (χ3n) is 3.35. The van der Waals surface area contributed by atoms with Gasteiger partial charge in [-0.2, -0.15) is 0 Å². The zero-order chi connectivity index (χ0) is 14.8. The fraction of sp³-hybridized carbons (Fsp3) is 0.667. The van der Waals surface area contributed by atoms with Gasteiger partial charge in [-0.3, -0.25) is 4.79 Å². The highest BCUT2D eigenvalue weighted by Gasteiger charge is 2.35. The third kappa shape index (κ3) is 3.57. The van der Waals surface area contributed by atoms with E-state index in [9.17, 15) is 13.2 Å². The van der Waals surface area contributed by atoms with Crippen molar-refractivity contribution < 1.29 is 17.7 Å². The Bertz CT molecular complexity index is 553. The molecule has 1 atom stereocenters. The zero-order valence-electron chi connectivity index (χ0n) is 11.7. The molecule has 1 aliphatic rings. The smallest absolute Gasteiger partial charge is 0.292 e. The minimum atomic E-state index is -3.04. The molecule has 1 aliphatic heterocycles. The highest BCUT2D eigenvalue weighted by atomic mass is 32.2. The molecule has 112 valence electrons. The molecule has 0 saturated carbocycles. The first-order chi connectivity index (χ1) is 9.39. The predicted molar refractivity (Wildman–Crippen MR) is 73.2 cm³/mol. The molecule has 0 aromatic carbocycles. The van der Waals surface area contributed by atoms with Crippen molar-refractivity contribution in [3.8, 4) is 0 Å². The highest BCUT2D eigenvalue weighted by Crippen LogP contribution is 2.19. The quantitative estimate of drug-likeness (QED) is 0.753. The van der Waals surface area contributed by atoms with Crippen LogP contribution in [-0.4, -0.2) is 74.0 Å². The zero-order valence-corrected chi connectivity index (χ0v) is 12.5. The number of aromatic nitrogens is 1. The lowest BCUT2D eigenvalue weighted by molar-refractivity contribution is 0.0641. The van der Waals surface area contributed by atoms with Gasteiger partial charge in [0.25, 0.3) is 5.91 Å². The van der Waals surface area contributed by atoms with Gasteiger partial charge in [0.15, 0.2) is 9.84 Å². The summed E-state index contributed by atoms with van der Waals surface area (Å²) in [6.07, 6.45) is 1.89. The average Bonchev–Trinajstić information content (AvgIpc) is 2.98. The molecule has 0 aliphatic carbocycles. The van der Waals surface area contributed by atoms with Gasteiger partial charge in [-0.15, -0.1) is 0 Å². The van der Waals surface area contributed by atoms with Gasteiger partial charge in [-0.25, -0.2) is 8.42 Å². The molecular formula is C12H19N3O4S. The van der Waals surface area contributed by atoms with E-state index in [1.165, 1.54) is 12.3 Å². The topological polar surface area (TPSA) is 83.7 Å². The second-order valence-corrected chi connectivity index (χ2v) is 7.46. The predicted octanol–water partition coefficient (Wildman–Crippen LogP) is -0.135. The summed E-state index contributed by atoms with van der Waals surface area (Å²) in [6, 6.07) is 1.21. The standard InChI is InChI=1S/C12H19N3O4S/c1-14(2)6-7-15(10-4-8-20(17,18)9-10)12(16)11-3-5-13-19-11/h3,5,10H,4,6-9H2,1-2H3. The SMILES string of the molecule is CN(C)CCN(C(=O)c1ccno1)C1CCS(=O)(=O)C1. The summed E-state index contributed by atoms with van der Waals surface area (Å²) in [4.78, 5) is 15.9. The first-order valence-electron chi connectivity index (χ1n) is 6.46. The Kier molecular flexibility index (Phi) is 4.44. The van der Waals surface area contributed by atoms with E-state index in [2.05, 4.69) is 5.16 Å². The molecule has 1 aromatic heterocycles. The van der Waals surface area contributed by atoms with E-state index < -0.39 is 9.84 Å². The summed E-state index contributed by atoms with van der Waals surface area (Å²) in [7, 11) is 0.775. The van der Waals surface area contributed by atoms with Crippen LogP contribution in [0.15, 0.2) is 16.8 Å².